The van der Waals surface area contributed by atoms with Crippen molar-refractivity contribution >= 4 is 5.91 Å². The highest BCUT2D eigenvalue weighted by Gasteiger charge is 2.05. The summed E-state index contributed by atoms with van der Waals surface area (Å²) < 4.78 is 1.64. The van der Waals surface area contributed by atoms with Crippen molar-refractivity contribution < 1.29 is 4.79 Å². The monoisotopic (exact) mass is 225 g/mol. The molecule has 0 saturated heterocycles. The zero-order chi connectivity index (χ0) is 12.0. The van der Waals surface area contributed by atoms with Crippen LogP contribution in [0.3, 0.4) is 0 Å². The molecule has 1 heterocycles. The highest BCUT2D eigenvalue weighted by Crippen LogP contribution is 1.88. The largest absolute Gasteiger partial charge is 0.353 e. The zero-order valence-electron chi connectivity index (χ0n) is 10.0. The second-order valence-electron chi connectivity index (χ2n) is 3.81. The van der Waals surface area contributed by atoms with Gasteiger partial charge in [0.05, 0.1) is 13.1 Å². The summed E-state index contributed by atoms with van der Waals surface area (Å²) in [7, 11) is 1.81. The predicted octanol–water partition coefficient (Wildman–Crippen LogP) is -0.181. The normalized spacial score (nSPS) is 12.4. The van der Waals surface area contributed by atoms with Crippen LogP contribution in [-0.4, -0.2) is 33.3 Å². The second kappa shape index (κ2) is 6.22. The predicted molar refractivity (Wildman–Crippen MR) is 60.6 cm³/mol. The van der Waals surface area contributed by atoms with Crippen molar-refractivity contribution in [2.75, 3.05) is 6.54 Å². The molecule has 0 saturated carbocycles. The van der Waals surface area contributed by atoms with E-state index in [2.05, 4.69) is 20.7 Å². The van der Waals surface area contributed by atoms with Gasteiger partial charge in [-0.3, -0.25) is 9.48 Å². The Bertz CT molecular complexity index is 336. The van der Waals surface area contributed by atoms with Gasteiger partial charge in [0, 0.05) is 13.1 Å². The minimum Gasteiger partial charge on any atom is -0.353 e. The Morgan fingerprint density at radius 2 is 2.38 bits per heavy atom. The van der Waals surface area contributed by atoms with E-state index >= 15 is 0 Å². The summed E-state index contributed by atoms with van der Waals surface area (Å²) in [4.78, 5) is 15.4. The molecule has 1 aromatic heterocycles. The molecule has 0 spiro atoms. The molecule has 6 heteroatoms. The fraction of sp³-hybridized carbons (Fsp3) is 0.700. The third-order valence-electron chi connectivity index (χ3n) is 2.24. The number of rotatable bonds is 6. The molecule has 1 rings (SSSR count). The smallest absolute Gasteiger partial charge is 0.234 e. The minimum atomic E-state index is 0.00489. The summed E-state index contributed by atoms with van der Waals surface area (Å²) >= 11 is 0. The molecule has 6 nitrogen and oxygen atoms in total. The lowest BCUT2D eigenvalue weighted by molar-refractivity contribution is -0.120. The summed E-state index contributed by atoms with van der Waals surface area (Å²) in [5, 5.41) is 9.96. The van der Waals surface area contributed by atoms with Crippen molar-refractivity contribution in [3.8, 4) is 0 Å². The maximum Gasteiger partial charge on any atom is 0.234 e. The average molecular weight is 225 g/mol. The van der Waals surface area contributed by atoms with Crippen molar-refractivity contribution in [3.05, 3.63) is 12.2 Å². The van der Waals surface area contributed by atoms with Crippen LogP contribution in [0.4, 0.5) is 0 Å². The van der Waals surface area contributed by atoms with Gasteiger partial charge in [-0.2, -0.15) is 5.10 Å². The van der Waals surface area contributed by atoms with Gasteiger partial charge in [0.2, 0.25) is 5.91 Å². The van der Waals surface area contributed by atoms with Crippen LogP contribution < -0.4 is 10.6 Å². The molecule has 1 aromatic rings. The summed E-state index contributed by atoms with van der Waals surface area (Å²) in [6.45, 7) is 4.83. The van der Waals surface area contributed by atoms with Crippen molar-refractivity contribution in [1.82, 2.24) is 25.4 Å². The Morgan fingerprint density at radius 1 is 1.62 bits per heavy atom. The quantitative estimate of drug-likeness (QED) is 0.704. The first-order chi connectivity index (χ1) is 7.61. The molecule has 1 atom stereocenters. The van der Waals surface area contributed by atoms with Gasteiger partial charge in [0.25, 0.3) is 0 Å². The highest BCUT2D eigenvalue weighted by atomic mass is 16.1. The number of aromatic nitrogens is 3. The van der Waals surface area contributed by atoms with Crippen LogP contribution >= 0.6 is 0 Å². The van der Waals surface area contributed by atoms with Crippen molar-refractivity contribution in [2.45, 2.75) is 32.9 Å². The Morgan fingerprint density at radius 3 is 2.94 bits per heavy atom. The van der Waals surface area contributed by atoms with Gasteiger partial charge in [-0.05, 0) is 13.3 Å². The molecular weight excluding hydrogens is 206 g/mol. The number of aryl methyl sites for hydroxylation is 1. The minimum absolute atomic E-state index is 0.00489. The molecule has 0 aliphatic carbocycles. The van der Waals surface area contributed by atoms with Gasteiger partial charge in [0.1, 0.15) is 6.33 Å². The number of nitrogens with zero attached hydrogens (tertiary/aromatic N) is 3. The van der Waals surface area contributed by atoms with E-state index in [1.165, 1.54) is 0 Å². The van der Waals surface area contributed by atoms with Crippen LogP contribution in [0.1, 0.15) is 26.1 Å². The molecule has 0 radical (unpaired) electrons. The van der Waals surface area contributed by atoms with Crippen LogP contribution in [0.15, 0.2) is 6.33 Å². The fourth-order valence-corrected chi connectivity index (χ4v) is 1.18. The van der Waals surface area contributed by atoms with Gasteiger partial charge >= 0.3 is 0 Å². The topological polar surface area (TPSA) is 71.8 Å². The van der Waals surface area contributed by atoms with Crippen molar-refractivity contribution in [1.29, 1.82) is 0 Å². The molecule has 0 bridgehead atoms. The van der Waals surface area contributed by atoms with Crippen LogP contribution in [0.25, 0.3) is 0 Å². The zero-order valence-corrected chi connectivity index (χ0v) is 10.0. The number of carbonyl (C=O) groups excluding carboxylic acids is 1. The third kappa shape index (κ3) is 4.39. The number of carbonyl (C=O) groups is 1. The van der Waals surface area contributed by atoms with Crippen molar-refractivity contribution in [3.63, 3.8) is 0 Å². The number of hydrogen-bond acceptors (Lipinski definition) is 4. The lowest BCUT2D eigenvalue weighted by atomic mass is 10.2. The van der Waals surface area contributed by atoms with Crippen LogP contribution in [-0.2, 0) is 18.4 Å². The summed E-state index contributed by atoms with van der Waals surface area (Å²) in [6, 6.07) is 0.224. The molecule has 2 N–H and O–H groups in total. The van der Waals surface area contributed by atoms with Gasteiger partial charge in [-0.15, -0.1) is 0 Å². The Hall–Kier alpha value is -1.43. The maximum atomic E-state index is 11.4. The standard InChI is InChI=1S/C10H19N5O/c1-4-8(2)13-10(16)6-11-5-9-12-7-15(3)14-9/h7-8,11H,4-6H2,1-3H3,(H,13,16). The van der Waals surface area contributed by atoms with E-state index in [4.69, 9.17) is 0 Å². The number of hydrogen-bond donors (Lipinski definition) is 2. The van der Waals surface area contributed by atoms with Crippen molar-refractivity contribution in [2.24, 2.45) is 7.05 Å². The van der Waals surface area contributed by atoms with E-state index in [0.29, 0.717) is 18.9 Å². The Labute approximate surface area is 95.4 Å². The van der Waals surface area contributed by atoms with E-state index in [0.717, 1.165) is 6.42 Å². The van der Waals surface area contributed by atoms with Gasteiger partial charge in [0.15, 0.2) is 5.82 Å². The fourth-order valence-electron chi connectivity index (χ4n) is 1.18. The first-order valence-electron chi connectivity index (χ1n) is 5.46. The first kappa shape index (κ1) is 12.6. The molecule has 0 aromatic carbocycles. The number of nitrogens with one attached hydrogen (secondary N) is 2. The SMILES string of the molecule is CCC(C)NC(=O)CNCc1ncn(C)n1. The lowest BCUT2D eigenvalue weighted by Gasteiger charge is -2.11. The van der Waals surface area contributed by atoms with E-state index in [-0.39, 0.29) is 11.9 Å². The van der Waals surface area contributed by atoms with Crippen LogP contribution in [0, 0.1) is 0 Å². The Balaban J connectivity index is 2.18. The summed E-state index contributed by atoms with van der Waals surface area (Å²) in [5.74, 6) is 0.698. The van der Waals surface area contributed by atoms with Gasteiger partial charge in [-0.25, -0.2) is 4.98 Å². The highest BCUT2D eigenvalue weighted by molar-refractivity contribution is 5.78. The van der Waals surface area contributed by atoms with Crippen LogP contribution in [0.5, 0.6) is 0 Å². The molecule has 0 aliphatic rings. The van der Waals surface area contributed by atoms with E-state index in [9.17, 15) is 4.79 Å². The molecule has 0 aliphatic heterocycles. The average Bonchev–Trinajstić information content (AvgIpc) is 2.64. The summed E-state index contributed by atoms with van der Waals surface area (Å²) in [5.41, 5.74) is 0. The second-order valence-corrected chi connectivity index (χ2v) is 3.81. The Kier molecular flexibility index (Phi) is 4.91. The summed E-state index contributed by atoms with van der Waals surface area (Å²) in [6.07, 6.45) is 2.57. The molecule has 1 amide bonds. The van der Waals surface area contributed by atoms with E-state index in [1.807, 2.05) is 20.9 Å². The lowest BCUT2D eigenvalue weighted by Crippen LogP contribution is -2.38. The third-order valence-corrected chi connectivity index (χ3v) is 2.24. The molecule has 1 unspecified atom stereocenters. The maximum absolute atomic E-state index is 11.4. The van der Waals surface area contributed by atoms with E-state index < -0.39 is 0 Å². The van der Waals surface area contributed by atoms with Gasteiger partial charge in [-0.1, -0.05) is 6.92 Å². The molecule has 0 fully saturated rings. The molecule has 16 heavy (non-hydrogen) atoms. The first-order valence-corrected chi connectivity index (χ1v) is 5.46. The van der Waals surface area contributed by atoms with Gasteiger partial charge < -0.3 is 10.6 Å². The van der Waals surface area contributed by atoms with Crippen LogP contribution in [0.2, 0.25) is 0 Å². The number of amides is 1. The molecule has 90 valence electrons. The molecular formula is C10H19N5O. The van der Waals surface area contributed by atoms with E-state index in [1.54, 1.807) is 11.0 Å².